The molecule has 0 aliphatic carbocycles. The number of hydrogen-bond donors (Lipinski definition) is 0. The van der Waals surface area contributed by atoms with Gasteiger partial charge >= 0.3 is 0 Å². The van der Waals surface area contributed by atoms with Gasteiger partial charge in [-0.3, -0.25) is 14.2 Å². The van der Waals surface area contributed by atoms with Crippen molar-refractivity contribution in [1.29, 1.82) is 0 Å². The zero-order valence-corrected chi connectivity index (χ0v) is 14.8. The van der Waals surface area contributed by atoms with Crippen molar-refractivity contribution < 1.29 is 9.18 Å². The van der Waals surface area contributed by atoms with Crippen molar-refractivity contribution in [2.75, 3.05) is 13.1 Å². The lowest BCUT2D eigenvalue weighted by atomic mass is 10.1. The fraction of sp³-hybridized carbons (Fsp3) is 0.368. The molecule has 8 heteroatoms. The third-order valence-electron chi connectivity index (χ3n) is 4.90. The molecular formula is C19H20FN5O2. The molecule has 0 saturated carbocycles. The molecule has 2 aromatic heterocycles. The van der Waals surface area contributed by atoms with E-state index < -0.39 is 0 Å². The maximum absolute atomic E-state index is 13.1. The van der Waals surface area contributed by atoms with Gasteiger partial charge in [0.05, 0.1) is 18.2 Å². The van der Waals surface area contributed by atoms with Gasteiger partial charge in [-0.05, 0) is 43.5 Å². The molecule has 27 heavy (non-hydrogen) atoms. The van der Waals surface area contributed by atoms with Crippen molar-refractivity contribution in [2.24, 2.45) is 0 Å². The van der Waals surface area contributed by atoms with Crippen molar-refractivity contribution in [1.82, 2.24) is 24.2 Å². The molecule has 0 atom stereocenters. The Morgan fingerprint density at radius 1 is 1.11 bits per heavy atom. The monoisotopic (exact) mass is 369 g/mol. The van der Waals surface area contributed by atoms with Gasteiger partial charge in [-0.25, -0.2) is 14.1 Å². The van der Waals surface area contributed by atoms with Crippen LogP contribution in [0.1, 0.15) is 25.7 Å². The first-order valence-electron chi connectivity index (χ1n) is 9.10. The summed E-state index contributed by atoms with van der Waals surface area (Å²) in [5, 5.41) is 4.58. The molecule has 1 aliphatic heterocycles. The van der Waals surface area contributed by atoms with Gasteiger partial charge < -0.3 is 4.90 Å². The van der Waals surface area contributed by atoms with E-state index >= 15 is 0 Å². The van der Waals surface area contributed by atoms with E-state index in [-0.39, 0.29) is 23.7 Å². The number of piperidine rings is 1. The molecular weight excluding hydrogens is 349 g/mol. The van der Waals surface area contributed by atoms with Crippen LogP contribution in [0.2, 0.25) is 0 Å². The fourth-order valence-corrected chi connectivity index (χ4v) is 3.40. The van der Waals surface area contributed by atoms with Gasteiger partial charge in [0.1, 0.15) is 11.2 Å². The molecule has 0 radical (unpaired) electrons. The van der Waals surface area contributed by atoms with E-state index in [0.29, 0.717) is 23.3 Å². The average molecular weight is 369 g/mol. The number of nitrogens with zero attached hydrogens (tertiary/aromatic N) is 5. The van der Waals surface area contributed by atoms with Crippen LogP contribution < -0.4 is 5.56 Å². The van der Waals surface area contributed by atoms with Gasteiger partial charge in [0.2, 0.25) is 5.91 Å². The Kier molecular flexibility index (Phi) is 4.70. The number of amides is 1. The third kappa shape index (κ3) is 3.47. The summed E-state index contributed by atoms with van der Waals surface area (Å²) in [7, 11) is 0. The summed E-state index contributed by atoms with van der Waals surface area (Å²) in [6.45, 7) is 1.89. The van der Waals surface area contributed by atoms with Crippen LogP contribution in [0.25, 0.3) is 16.7 Å². The van der Waals surface area contributed by atoms with Gasteiger partial charge in [0.15, 0.2) is 5.65 Å². The van der Waals surface area contributed by atoms with E-state index in [4.69, 9.17) is 0 Å². The maximum Gasteiger partial charge on any atom is 0.264 e. The zero-order chi connectivity index (χ0) is 18.8. The SMILES string of the molecule is O=C(CCn1cnc2c(cnn2-c2ccc(F)cc2)c1=O)N1CCCCC1. The Morgan fingerprint density at radius 2 is 1.85 bits per heavy atom. The summed E-state index contributed by atoms with van der Waals surface area (Å²) in [5.74, 6) is -0.271. The first kappa shape index (κ1) is 17.4. The van der Waals surface area contributed by atoms with E-state index in [9.17, 15) is 14.0 Å². The normalized spacial score (nSPS) is 14.6. The van der Waals surface area contributed by atoms with Crippen LogP contribution in [0.5, 0.6) is 0 Å². The summed E-state index contributed by atoms with van der Waals surface area (Å²) in [6.07, 6.45) is 6.43. The zero-order valence-electron chi connectivity index (χ0n) is 14.8. The molecule has 1 fully saturated rings. The molecule has 3 aromatic rings. The molecule has 1 amide bonds. The van der Waals surface area contributed by atoms with E-state index in [1.165, 1.54) is 40.3 Å². The van der Waals surface area contributed by atoms with Gasteiger partial charge in [-0.2, -0.15) is 5.10 Å². The molecule has 1 aromatic carbocycles. The number of likely N-dealkylation sites (tertiary alicyclic amines) is 1. The average Bonchev–Trinajstić information content (AvgIpc) is 3.13. The highest BCUT2D eigenvalue weighted by atomic mass is 19.1. The van der Waals surface area contributed by atoms with Crippen LogP contribution >= 0.6 is 0 Å². The first-order valence-corrected chi connectivity index (χ1v) is 9.10. The van der Waals surface area contributed by atoms with Crippen LogP contribution in [0.4, 0.5) is 4.39 Å². The molecule has 0 N–H and O–H groups in total. The maximum atomic E-state index is 13.1. The minimum atomic E-state index is -0.344. The summed E-state index contributed by atoms with van der Waals surface area (Å²) < 4.78 is 16.1. The number of benzene rings is 1. The van der Waals surface area contributed by atoms with E-state index in [1.807, 2.05) is 4.90 Å². The summed E-state index contributed by atoms with van der Waals surface area (Å²) in [4.78, 5) is 31.2. The van der Waals surface area contributed by atoms with Crippen molar-refractivity contribution in [3.63, 3.8) is 0 Å². The van der Waals surface area contributed by atoms with Crippen LogP contribution in [0.15, 0.2) is 41.6 Å². The lowest BCUT2D eigenvalue weighted by molar-refractivity contribution is -0.132. The molecule has 0 unspecified atom stereocenters. The molecule has 140 valence electrons. The van der Waals surface area contributed by atoms with Gasteiger partial charge in [0.25, 0.3) is 5.56 Å². The van der Waals surface area contributed by atoms with Gasteiger partial charge in [0, 0.05) is 26.1 Å². The second-order valence-electron chi connectivity index (χ2n) is 6.70. The largest absolute Gasteiger partial charge is 0.343 e. The number of aryl methyl sites for hydroxylation is 1. The van der Waals surface area contributed by atoms with Crippen molar-refractivity contribution in [2.45, 2.75) is 32.2 Å². The van der Waals surface area contributed by atoms with Crippen LogP contribution in [0, 0.1) is 5.82 Å². The van der Waals surface area contributed by atoms with E-state index in [2.05, 4.69) is 10.1 Å². The second-order valence-corrected chi connectivity index (χ2v) is 6.70. The second kappa shape index (κ2) is 7.30. The summed E-state index contributed by atoms with van der Waals surface area (Å²) in [6, 6.07) is 5.81. The Labute approximate surface area is 155 Å². The highest BCUT2D eigenvalue weighted by Gasteiger charge is 2.17. The van der Waals surface area contributed by atoms with Crippen molar-refractivity contribution >= 4 is 16.9 Å². The predicted octanol–water partition coefficient (Wildman–Crippen LogP) is 2.12. The minimum Gasteiger partial charge on any atom is -0.343 e. The van der Waals surface area contributed by atoms with Crippen LogP contribution in [0.3, 0.4) is 0 Å². The van der Waals surface area contributed by atoms with Crippen molar-refractivity contribution in [3.8, 4) is 5.69 Å². The van der Waals surface area contributed by atoms with Crippen LogP contribution in [-0.4, -0.2) is 43.2 Å². The quantitative estimate of drug-likeness (QED) is 0.706. The number of carbonyl (C=O) groups excluding carboxylic acids is 1. The molecule has 7 nitrogen and oxygen atoms in total. The highest BCUT2D eigenvalue weighted by Crippen LogP contribution is 2.14. The molecule has 4 rings (SSSR count). The first-order chi connectivity index (χ1) is 13.1. The molecule has 1 saturated heterocycles. The van der Waals surface area contributed by atoms with E-state index in [0.717, 1.165) is 25.9 Å². The lowest BCUT2D eigenvalue weighted by Crippen LogP contribution is -2.36. The van der Waals surface area contributed by atoms with Gasteiger partial charge in [-0.1, -0.05) is 0 Å². The molecule has 3 heterocycles. The lowest BCUT2D eigenvalue weighted by Gasteiger charge is -2.26. The molecule has 1 aliphatic rings. The Bertz CT molecular complexity index is 1020. The Balaban J connectivity index is 1.55. The highest BCUT2D eigenvalue weighted by molar-refractivity contribution is 5.76. The summed E-state index contributed by atoms with van der Waals surface area (Å²) in [5.41, 5.74) is 0.793. The Morgan fingerprint density at radius 3 is 2.59 bits per heavy atom. The van der Waals surface area contributed by atoms with E-state index in [1.54, 1.807) is 12.1 Å². The number of halogens is 1. The van der Waals surface area contributed by atoms with Crippen LogP contribution in [-0.2, 0) is 11.3 Å². The number of aromatic nitrogens is 4. The third-order valence-corrected chi connectivity index (χ3v) is 4.90. The molecule has 0 bridgehead atoms. The minimum absolute atomic E-state index is 0.0729. The standard InChI is InChI=1S/C19H20FN5O2/c20-14-4-6-15(7-5-14)25-18-16(12-22-25)19(27)24(13-21-18)11-8-17(26)23-9-2-1-3-10-23/h4-7,12-13H,1-3,8-11H2. The fourth-order valence-electron chi connectivity index (χ4n) is 3.40. The number of hydrogen-bond acceptors (Lipinski definition) is 4. The molecule has 0 spiro atoms. The van der Waals surface area contributed by atoms with Crippen molar-refractivity contribution in [3.05, 3.63) is 53.0 Å². The Hall–Kier alpha value is -3.03. The van der Waals surface area contributed by atoms with Gasteiger partial charge in [-0.15, -0.1) is 0 Å². The summed E-state index contributed by atoms with van der Waals surface area (Å²) >= 11 is 0. The smallest absolute Gasteiger partial charge is 0.264 e. The number of rotatable bonds is 4. The number of carbonyl (C=O) groups is 1. The number of fused-ring (bicyclic) bond motifs is 1. The predicted molar refractivity (Wildman–Crippen MR) is 98.1 cm³/mol. The topological polar surface area (TPSA) is 73.0 Å².